The number of carbonyl (C=O) groups excluding carboxylic acids is 1. The van der Waals surface area contributed by atoms with Crippen LogP contribution in [0, 0.1) is 13.8 Å². The summed E-state index contributed by atoms with van der Waals surface area (Å²) in [5.74, 6) is 0. The zero-order valence-electron chi connectivity index (χ0n) is 18.0. The highest BCUT2D eigenvalue weighted by Gasteiger charge is 2.13. The summed E-state index contributed by atoms with van der Waals surface area (Å²) in [4.78, 5) is 13.1. The number of carbonyl (C=O) groups is 1. The Morgan fingerprint density at radius 1 is 0.853 bits per heavy atom. The largest absolute Gasteiger partial charge is 0.323 e. The topological polar surface area (TPSA) is 134 Å². The number of rotatable bonds is 6. The summed E-state index contributed by atoms with van der Waals surface area (Å²) in [5, 5.41) is 20.7. The van der Waals surface area contributed by atoms with Crippen LogP contribution in [0.1, 0.15) is 11.1 Å². The van der Waals surface area contributed by atoms with Gasteiger partial charge in [0, 0.05) is 16.3 Å². The number of hydrogen-bond acceptors (Lipinski definition) is 7. The van der Waals surface area contributed by atoms with Crippen molar-refractivity contribution in [2.45, 2.75) is 23.6 Å². The molecule has 11 heteroatoms. The first-order valence-corrected chi connectivity index (χ1v) is 12.1. The molecule has 0 unspecified atom stereocenters. The summed E-state index contributed by atoms with van der Waals surface area (Å²) < 4.78 is 36.9. The van der Waals surface area contributed by atoms with Crippen molar-refractivity contribution in [1.29, 1.82) is 0 Å². The van der Waals surface area contributed by atoms with Crippen LogP contribution in [-0.2, 0) is 19.5 Å². The molecule has 0 atom stereocenters. The van der Waals surface area contributed by atoms with E-state index in [4.69, 9.17) is 5.26 Å². The van der Waals surface area contributed by atoms with E-state index in [9.17, 15) is 17.8 Å². The van der Waals surface area contributed by atoms with Crippen molar-refractivity contribution in [2.24, 2.45) is 0 Å². The molecule has 0 saturated carbocycles. The molecule has 34 heavy (non-hydrogen) atoms. The molecule has 0 spiro atoms. The average Bonchev–Trinajstić information content (AvgIpc) is 2.76. The van der Waals surface area contributed by atoms with Crippen molar-refractivity contribution in [3.63, 3.8) is 0 Å². The van der Waals surface area contributed by atoms with Crippen molar-refractivity contribution in [3.05, 3.63) is 71.8 Å². The fraction of sp³-hybridized carbons (Fsp3) is 0.0870. The summed E-state index contributed by atoms with van der Waals surface area (Å²) in [6.07, 6.45) is 0. The fourth-order valence-electron chi connectivity index (χ4n) is 3.76. The maximum Gasteiger partial charge on any atom is 0.323 e. The molecule has 0 bridgehead atoms. The van der Waals surface area contributed by atoms with Crippen LogP contribution in [0.2, 0.25) is 0 Å². The van der Waals surface area contributed by atoms with Gasteiger partial charge in [-0.15, -0.1) is 4.33 Å². The van der Waals surface area contributed by atoms with Crippen molar-refractivity contribution in [3.8, 4) is 0 Å². The molecule has 0 aliphatic rings. The maximum absolute atomic E-state index is 12.6. The SMILES string of the molecule is Cc1cc(SOOO)cc2cc(NC(=O)Nc3ccc4c(C)cc(S(=O)(=O)O)cc4c3)ccc12. The minimum atomic E-state index is -4.35. The van der Waals surface area contributed by atoms with Crippen LogP contribution in [0.3, 0.4) is 0 Å². The summed E-state index contributed by atoms with van der Waals surface area (Å²) in [5.41, 5.74) is 2.67. The fourth-order valence-corrected chi connectivity index (χ4v) is 4.87. The van der Waals surface area contributed by atoms with Crippen LogP contribution in [0.5, 0.6) is 0 Å². The zero-order chi connectivity index (χ0) is 24.5. The lowest BCUT2D eigenvalue weighted by molar-refractivity contribution is -0.432. The zero-order valence-corrected chi connectivity index (χ0v) is 19.7. The third-order valence-electron chi connectivity index (χ3n) is 5.24. The summed E-state index contributed by atoms with van der Waals surface area (Å²) in [6, 6.07) is 16.5. The number of nitrogens with one attached hydrogen (secondary N) is 2. The Bertz CT molecular complexity index is 1520. The summed E-state index contributed by atoms with van der Waals surface area (Å²) in [6.45, 7) is 3.67. The minimum absolute atomic E-state index is 0.209. The van der Waals surface area contributed by atoms with Crippen LogP contribution < -0.4 is 10.6 Å². The van der Waals surface area contributed by atoms with Gasteiger partial charge in [0.25, 0.3) is 10.1 Å². The Kier molecular flexibility index (Phi) is 6.75. The smallest absolute Gasteiger partial charge is 0.308 e. The van der Waals surface area contributed by atoms with Gasteiger partial charge in [0.2, 0.25) is 0 Å². The van der Waals surface area contributed by atoms with Gasteiger partial charge >= 0.3 is 6.03 Å². The number of amides is 2. The van der Waals surface area contributed by atoms with E-state index in [-0.39, 0.29) is 4.90 Å². The molecule has 0 aliphatic carbocycles. The van der Waals surface area contributed by atoms with Gasteiger partial charge in [-0.1, -0.05) is 17.2 Å². The van der Waals surface area contributed by atoms with Crippen LogP contribution >= 0.6 is 12.0 Å². The minimum Gasteiger partial charge on any atom is -0.308 e. The highest BCUT2D eigenvalue weighted by atomic mass is 32.2. The predicted octanol–water partition coefficient (Wildman–Crippen LogP) is 5.93. The van der Waals surface area contributed by atoms with E-state index in [2.05, 4.69) is 20.0 Å². The molecular weight excluding hydrogens is 480 g/mol. The summed E-state index contributed by atoms with van der Waals surface area (Å²) >= 11 is 0.850. The molecular formula is C23H20N2O7S2. The Labute approximate surface area is 199 Å². The molecule has 176 valence electrons. The van der Waals surface area contributed by atoms with Crippen molar-refractivity contribution >= 4 is 61.1 Å². The first-order chi connectivity index (χ1) is 16.1. The standard InChI is InChI=1S/C23H20N2O7S2/c1-13-7-19(33-32-31-27)11-15-9-17(3-5-21(13)15)24-23(26)25-18-4-6-22-14(2)8-20(34(28,29)30)12-16(22)10-18/h3-12,27H,1-2H3,(H2,24,25,26)(H,28,29,30). The molecule has 9 nitrogen and oxygen atoms in total. The molecule has 4 N–H and O–H groups in total. The lowest BCUT2D eigenvalue weighted by atomic mass is 10.0. The molecule has 4 aromatic rings. The van der Waals surface area contributed by atoms with Crippen molar-refractivity contribution in [2.75, 3.05) is 10.6 Å². The lowest BCUT2D eigenvalue weighted by Crippen LogP contribution is -2.19. The Hall–Kier alpha value is -3.19. The molecule has 0 aromatic heterocycles. The Balaban J connectivity index is 1.56. The van der Waals surface area contributed by atoms with E-state index in [1.165, 1.54) is 12.1 Å². The van der Waals surface area contributed by atoms with Gasteiger partial charge in [0.1, 0.15) is 0 Å². The first-order valence-electron chi connectivity index (χ1n) is 9.93. The number of aryl methyl sites for hydroxylation is 2. The second-order valence-electron chi connectivity index (χ2n) is 7.63. The second-order valence-corrected chi connectivity index (χ2v) is 9.83. The van der Waals surface area contributed by atoms with Gasteiger partial charge in [-0.05, 0) is 95.1 Å². The van der Waals surface area contributed by atoms with Gasteiger partial charge in [0.15, 0.2) is 0 Å². The molecule has 4 rings (SSSR count). The summed E-state index contributed by atoms with van der Waals surface area (Å²) in [7, 11) is -4.35. The maximum atomic E-state index is 12.6. The molecule has 0 aliphatic heterocycles. The number of fused-ring (bicyclic) bond motifs is 2. The van der Waals surface area contributed by atoms with E-state index in [1.54, 1.807) is 37.3 Å². The van der Waals surface area contributed by atoms with Crippen LogP contribution in [0.4, 0.5) is 16.2 Å². The van der Waals surface area contributed by atoms with Crippen LogP contribution in [0.25, 0.3) is 21.5 Å². The van der Waals surface area contributed by atoms with Gasteiger partial charge in [-0.3, -0.25) is 4.55 Å². The van der Waals surface area contributed by atoms with Crippen LogP contribution in [0.15, 0.2) is 70.5 Å². The van der Waals surface area contributed by atoms with E-state index in [0.29, 0.717) is 27.2 Å². The van der Waals surface area contributed by atoms with Gasteiger partial charge in [0.05, 0.1) is 16.9 Å². The molecule has 0 radical (unpaired) electrons. The monoisotopic (exact) mass is 500 g/mol. The highest BCUT2D eigenvalue weighted by Crippen LogP contribution is 2.30. The number of hydrogen-bond donors (Lipinski definition) is 4. The van der Waals surface area contributed by atoms with Crippen molar-refractivity contribution < 1.29 is 32.4 Å². The third-order valence-corrected chi connectivity index (χ3v) is 6.63. The second kappa shape index (κ2) is 9.58. The average molecular weight is 501 g/mol. The molecule has 2 amide bonds. The molecule has 0 fully saturated rings. The number of anilines is 2. The van der Waals surface area contributed by atoms with Gasteiger partial charge in [-0.2, -0.15) is 8.42 Å². The number of benzene rings is 4. The normalized spacial score (nSPS) is 11.6. The first kappa shape index (κ1) is 24.0. The van der Waals surface area contributed by atoms with E-state index in [1.807, 2.05) is 25.1 Å². The van der Waals surface area contributed by atoms with Gasteiger partial charge < -0.3 is 10.6 Å². The van der Waals surface area contributed by atoms with E-state index in [0.717, 1.165) is 33.8 Å². The van der Waals surface area contributed by atoms with Gasteiger partial charge in [-0.25, -0.2) is 10.1 Å². The predicted molar refractivity (Wildman–Crippen MR) is 130 cm³/mol. The molecule has 0 heterocycles. The Morgan fingerprint density at radius 3 is 1.97 bits per heavy atom. The third kappa shape index (κ3) is 5.30. The number of urea groups is 1. The van der Waals surface area contributed by atoms with E-state index >= 15 is 0 Å². The Morgan fingerprint density at radius 2 is 1.41 bits per heavy atom. The quantitative estimate of drug-likeness (QED) is 0.111. The highest BCUT2D eigenvalue weighted by molar-refractivity contribution is 7.94. The van der Waals surface area contributed by atoms with Crippen molar-refractivity contribution in [1.82, 2.24) is 0 Å². The lowest BCUT2D eigenvalue weighted by Gasteiger charge is -2.12. The molecule has 0 saturated heterocycles. The molecule has 4 aromatic carbocycles. The van der Waals surface area contributed by atoms with E-state index < -0.39 is 16.1 Å². The van der Waals surface area contributed by atoms with Crippen LogP contribution in [-0.4, -0.2) is 24.3 Å².